The van der Waals surface area contributed by atoms with Crippen LogP contribution in [0.25, 0.3) is 0 Å². The molecular weight excluding hydrogens is 414 g/mol. The number of unbranched alkanes of at least 4 members (excludes halogenated alkanes) is 9. The molecule has 0 spiro atoms. The van der Waals surface area contributed by atoms with Gasteiger partial charge >= 0.3 is 0 Å². The van der Waals surface area contributed by atoms with Gasteiger partial charge in [-0.15, -0.1) is 0 Å². The molecule has 0 aromatic heterocycles. The van der Waals surface area contributed by atoms with Crippen molar-refractivity contribution in [1.82, 2.24) is 0 Å². The zero-order chi connectivity index (χ0) is 24.4. The number of aliphatic hydroxyl groups is 5. The van der Waals surface area contributed by atoms with E-state index < -0.39 is 37.3 Å². The van der Waals surface area contributed by atoms with Crippen molar-refractivity contribution in [3.05, 3.63) is 0 Å². The topological polar surface area (TPSA) is 120 Å². The summed E-state index contributed by atoms with van der Waals surface area (Å²) in [5.74, 6) is 0. The number of quaternary nitrogens is 1. The highest BCUT2D eigenvalue weighted by Gasteiger charge is 2.43. The lowest BCUT2D eigenvalue weighted by Gasteiger charge is -2.38. The number of hydrogen-bond acceptors (Lipinski definition) is 7. The first-order valence-electron chi connectivity index (χ1n) is 12.5. The van der Waals surface area contributed by atoms with E-state index in [1.165, 1.54) is 77.9 Å². The predicted molar refractivity (Wildman–Crippen MR) is 126 cm³/mol. The van der Waals surface area contributed by atoms with E-state index in [4.69, 9.17) is 19.7 Å². The molecule has 1 fully saturated rings. The van der Waals surface area contributed by atoms with Gasteiger partial charge in [-0.3, -0.25) is 0 Å². The predicted octanol–water partition coefficient (Wildman–Crippen LogP) is 1.80. The second-order valence-electron chi connectivity index (χ2n) is 9.58. The molecule has 0 saturated carbocycles. The fourth-order valence-corrected chi connectivity index (χ4v) is 3.90. The highest BCUT2D eigenvalue weighted by Crippen LogP contribution is 2.21. The Morgan fingerprint density at radius 1 is 0.719 bits per heavy atom. The van der Waals surface area contributed by atoms with Crippen LogP contribution in [0.5, 0.6) is 0 Å². The molecule has 0 amide bonds. The van der Waals surface area contributed by atoms with Crippen LogP contribution in [0.15, 0.2) is 0 Å². The molecule has 8 nitrogen and oxygen atoms in total. The third-order valence-electron chi connectivity index (χ3n) is 6.12. The van der Waals surface area contributed by atoms with Crippen LogP contribution in [-0.2, 0) is 9.47 Å². The first-order chi connectivity index (χ1) is 15.2. The van der Waals surface area contributed by atoms with Gasteiger partial charge in [0.25, 0.3) is 0 Å². The average molecular weight is 467 g/mol. The first kappa shape index (κ1) is 31.7. The molecule has 0 aromatic carbocycles. The lowest BCUT2D eigenvalue weighted by molar-refractivity contribution is -0.890. The van der Waals surface area contributed by atoms with E-state index in [2.05, 4.69) is 21.0 Å². The van der Waals surface area contributed by atoms with Crippen LogP contribution < -0.4 is 0 Å². The van der Waals surface area contributed by atoms with Gasteiger partial charge in [-0.2, -0.15) is 0 Å². The van der Waals surface area contributed by atoms with E-state index in [1.807, 2.05) is 0 Å². The summed E-state index contributed by atoms with van der Waals surface area (Å²) in [5, 5.41) is 45.4. The molecule has 0 bridgehead atoms. The number of hydrogen-bond donors (Lipinski definition) is 5. The molecule has 0 aliphatic carbocycles. The molecule has 1 rings (SSSR count). The number of ether oxygens (including phenoxy) is 2. The molecule has 194 valence electrons. The second-order valence-corrected chi connectivity index (χ2v) is 9.58. The summed E-state index contributed by atoms with van der Waals surface area (Å²) in [7, 11) is 5.86. The van der Waals surface area contributed by atoms with Gasteiger partial charge in [0, 0.05) is 20.1 Å². The zero-order valence-electron chi connectivity index (χ0n) is 21.0. The SMILES string of the molecule is CCCCCCCCCCCC[N+](C)(C)CCCO.COC1O[C@H](CO)[C@@H](O)[C@H](O)[C@H]1O. The lowest BCUT2D eigenvalue weighted by atomic mass is 9.99. The Labute approximate surface area is 195 Å². The van der Waals surface area contributed by atoms with E-state index in [0.717, 1.165) is 17.4 Å². The Bertz CT molecular complexity index is 405. The Hall–Kier alpha value is -0.320. The van der Waals surface area contributed by atoms with Crippen LogP contribution in [0, 0.1) is 0 Å². The highest BCUT2D eigenvalue weighted by atomic mass is 16.7. The molecule has 32 heavy (non-hydrogen) atoms. The summed E-state index contributed by atoms with van der Waals surface area (Å²) in [6.45, 7) is 4.54. The van der Waals surface area contributed by atoms with E-state index in [-0.39, 0.29) is 0 Å². The Kier molecular flexibility index (Phi) is 18.8. The second kappa shape index (κ2) is 19.0. The van der Waals surface area contributed by atoms with Crippen LogP contribution in [0.2, 0.25) is 0 Å². The maximum Gasteiger partial charge on any atom is 0.186 e. The van der Waals surface area contributed by atoms with E-state index in [1.54, 1.807) is 0 Å². The van der Waals surface area contributed by atoms with Crippen LogP contribution in [-0.4, -0.2) is 108 Å². The molecule has 1 aliphatic rings. The molecule has 1 aliphatic heterocycles. The molecule has 0 aromatic rings. The van der Waals surface area contributed by atoms with Crippen LogP contribution >= 0.6 is 0 Å². The third kappa shape index (κ3) is 14.1. The van der Waals surface area contributed by atoms with Crippen molar-refractivity contribution in [3.8, 4) is 0 Å². The molecule has 0 radical (unpaired) electrons. The summed E-state index contributed by atoms with van der Waals surface area (Å²) in [6, 6.07) is 0. The Balaban J connectivity index is 0.000000641. The fourth-order valence-electron chi connectivity index (χ4n) is 3.90. The molecule has 1 heterocycles. The summed E-state index contributed by atoms with van der Waals surface area (Å²) in [6.07, 6.45) is 9.12. The minimum Gasteiger partial charge on any atom is -0.396 e. The van der Waals surface area contributed by atoms with Crippen molar-refractivity contribution in [2.75, 3.05) is 47.5 Å². The van der Waals surface area contributed by atoms with Crippen molar-refractivity contribution >= 4 is 0 Å². The smallest absolute Gasteiger partial charge is 0.186 e. The summed E-state index contributed by atoms with van der Waals surface area (Å²) < 4.78 is 10.7. The minimum atomic E-state index is -1.36. The molecule has 8 heteroatoms. The van der Waals surface area contributed by atoms with Crippen molar-refractivity contribution in [1.29, 1.82) is 0 Å². The Morgan fingerprint density at radius 3 is 1.69 bits per heavy atom. The monoisotopic (exact) mass is 466 g/mol. The maximum absolute atomic E-state index is 9.28. The van der Waals surface area contributed by atoms with Gasteiger partial charge in [0.2, 0.25) is 0 Å². The van der Waals surface area contributed by atoms with E-state index in [0.29, 0.717) is 6.61 Å². The van der Waals surface area contributed by atoms with Gasteiger partial charge in [-0.25, -0.2) is 0 Å². The van der Waals surface area contributed by atoms with Crippen molar-refractivity contribution < 1.29 is 39.5 Å². The molecule has 1 unspecified atom stereocenters. The molecule has 5 N–H and O–H groups in total. The normalized spacial score (nSPS) is 26.0. The molecular formula is C24H52NO7+. The lowest BCUT2D eigenvalue weighted by Crippen LogP contribution is -2.58. The van der Waals surface area contributed by atoms with E-state index >= 15 is 0 Å². The summed E-state index contributed by atoms with van der Waals surface area (Å²) in [5.41, 5.74) is 0. The van der Waals surface area contributed by atoms with Gasteiger partial charge in [-0.1, -0.05) is 58.3 Å². The van der Waals surface area contributed by atoms with Gasteiger partial charge in [0.1, 0.15) is 24.4 Å². The van der Waals surface area contributed by atoms with Crippen molar-refractivity contribution in [2.45, 2.75) is 108 Å². The first-order valence-corrected chi connectivity index (χ1v) is 12.5. The van der Waals surface area contributed by atoms with Crippen LogP contribution in [0.3, 0.4) is 0 Å². The zero-order valence-corrected chi connectivity index (χ0v) is 21.0. The number of aliphatic hydroxyl groups excluding tert-OH is 5. The molecule has 1 saturated heterocycles. The van der Waals surface area contributed by atoms with E-state index in [9.17, 15) is 15.3 Å². The summed E-state index contributed by atoms with van der Waals surface area (Å²) >= 11 is 0. The average Bonchev–Trinajstić information content (AvgIpc) is 2.78. The van der Waals surface area contributed by atoms with Crippen LogP contribution in [0.4, 0.5) is 0 Å². The van der Waals surface area contributed by atoms with Crippen LogP contribution in [0.1, 0.15) is 77.6 Å². The minimum absolute atomic E-state index is 0.333. The third-order valence-corrected chi connectivity index (χ3v) is 6.12. The number of methoxy groups -OCH3 is 1. The van der Waals surface area contributed by atoms with Gasteiger partial charge < -0.3 is 39.5 Å². The van der Waals surface area contributed by atoms with Gasteiger partial charge in [0.15, 0.2) is 6.29 Å². The summed E-state index contributed by atoms with van der Waals surface area (Å²) in [4.78, 5) is 0. The van der Waals surface area contributed by atoms with Gasteiger partial charge in [-0.05, 0) is 12.8 Å². The molecule has 5 atom stereocenters. The highest BCUT2D eigenvalue weighted by molar-refractivity contribution is 4.88. The quantitative estimate of drug-likeness (QED) is 0.174. The van der Waals surface area contributed by atoms with Gasteiger partial charge in [0.05, 0.1) is 33.8 Å². The largest absolute Gasteiger partial charge is 0.396 e. The standard InChI is InChI=1S/C17H38NO.C7H14O6/c1-4-5-6-7-8-9-10-11-12-13-15-18(2,3)16-14-17-19;1-12-7-6(11)5(10)4(9)3(2-8)13-7/h19H,4-17H2,1-3H3;3-11H,2H2,1H3/q+1;/t;3-,4-,5+,6-,7?/m.1/s1. The Morgan fingerprint density at radius 2 is 1.22 bits per heavy atom. The maximum atomic E-state index is 9.28. The fraction of sp³-hybridized carbons (Fsp3) is 1.00. The number of nitrogens with zero attached hydrogens (tertiary/aromatic N) is 1. The van der Waals surface area contributed by atoms with Crippen molar-refractivity contribution in [3.63, 3.8) is 0 Å². The van der Waals surface area contributed by atoms with Crippen molar-refractivity contribution in [2.24, 2.45) is 0 Å². The number of rotatable bonds is 16.